The van der Waals surface area contributed by atoms with Crippen molar-refractivity contribution in [3.05, 3.63) is 94.7 Å². The number of nitrogens with one attached hydrogen (secondary N) is 1. The van der Waals surface area contributed by atoms with Gasteiger partial charge in [-0.3, -0.25) is 4.79 Å². The third kappa shape index (κ3) is 3.50. The fraction of sp³-hybridized carbons (Fsp3) is 0.0952. The maximum atomic E-state index is 12.7. The van der Waals surface area contributed by atoms with E-state index in [0.717, 1.165) is 22.3 Å². The summed E-state index contributed by atoms with van der Waals surface area (Å²) < 4.78 is 1.23. The first-order valence-electron chi connectivity index (χ1n) is 8.59. The van der Waals surface area contributed by atoms with Crippen LogP contribution in [0.5, 0.6) is 0 Å². The molecule has 1 N–H and O–H groups in total. The zero-order valence-electron chi connectivity index (χ0n) is 14.8. The van der Waals surface area contributed by atoms with Crippen LogP contribution >= 0.6 is 0 Å². The second-order valence-corrected chi connectivity index (χ2v) is 6.10. The topological polar surface area (TPSA) is 69.0 Å². The summed E-state index contributed by atoms with van der Waals surface area (Å²) in [5.74, 6) is 0. The van der Waals surface area contributed by atoms with E-state index in [1.54, 1.807) is 0 Å². The highest BCUT2D eigenvalue weighted by molar-refractivity contribution is 5.92. The van der Waals surface area contributed by atoms with E-state index in [4.69, 9.17) is 4.84 Å². The third-order valence-electron chi connectivity index (χ3n) is 4.20. The Morgan fingerprint density at radius 1 is 1.00 bits per heavy atom. The van der Waals surface area contributed by atoms with Crippen LogP contribution in [0, 0.1) is 6.92 Å². The molecule has 4 aromatic rings. The van der Waals surface area contributed by atoms with Crippen molar-refractivity contribution in [2.45, 2.75) is 13.5 Å². The van der Waals surface area contributed by atoms with Gasteiger partial charge in [0.05, 0.1) is 16.8 Å². The van der Waals surface area contributed by atoms with Crippen molar-refractivity contribution in [3.63, 3.8) is 0 Å². The van der Waals surface area contributed by atoms with Crippen LogP contribution in [0.2, 0.25) is 0 Å². The van der Waals surface area contributed by atoms with Gasteiger partial charge in [0.15, 0.2) is 5.65 Å². The maximum Gasteiger partial charge on any atom is 0.287 e. The van der Waals surface area contributed by atoms with E-state index in [1.807, 2.05) is 67.6 Å². The fourth-order valence-electron chi connectivity index (χ4n) is 2.90. The highest BCUT2D eigenvalue weighted by Gasteiger charge is 2.14. The summed E-state index contributed by atoms with van der Waals surface area (Å²) in [4.78, 5) is 27.1. The molecule has 0 atom stereocenters. The number of aromatic nitrogens is 3. The summed E-state index contributed by atoms with van der Waals surface area (Å²) >= 11 is 0. The molecule has 2 heterocycles. The van der Waals surface area contributed by atoms with Gasteiger partial charge in [-0.15, -0.1) is 4.73 Å². The lowest BCUT2D eigenvalue weighted by Crippen LogP contribution is -2.28. The number of para-hydroxylation sites is 1. The molecule has 0 saturated carbocycles. The Hall–Kier alpha value is -3.67. The molecule has 134 valence electrons. The smallest absolute Gasteiger partial charge is 0.287 e. The number of anilines is 2. The maximum absolute atomic E-state index is 12.7. The quantitative estimate of drug-likeness (QED) is 0.592. The lowest BCUT2D eigenvalue weighted by Gasteiger charge is -2.15. The first-order valence-corrected chi connectivity index (χ1v) is 8.59. The molecule has 0 amide bonds. The van der Waals surface area contributed by atoms with Crippen LogP contribution in [0.3, 0.4) is 0 Å². The number of benzene rings is 2. The molecule has 0 radical (unpaired) electrons. The third-order valence-corrected chi connectivity index (χ3v) is 4.20. The van der Waals surface area contributed by atoms with Crippen molar-refractivity contribution in [1.82, 2.24) is 14.7 Å². The molecule has 0 spiro atoms. The summed E-state index contributed by atoms with van der Waals surface area (Å²) in [7, 11) is 0. The van der Waals surface area contributed by atoms with Crippen LogP contribution in [0.15, 0.2) is 77.9 Å². The first-order chi connectivity index (χ1) is 13.2. The van der Waals surface area contributed by atoms with Gasteiger partial charge in [0.1, 0.15) is 12.9 Å². The van der Waals surface area contributed by atoms with E-state index in [2.05, 4.69) is 15.3 Å². The van der Waals surface area contributed by atoms with E-state index in [0.29, 0.717) is 11.3 Å². The molecule has 6 nitrogen and oxygen atoms in total. The van der Waals surface area contributed by atoms with Crippen molar-refractivity contribution >= 4 is 22.4 Å². The van der Waals surface area contributed by atoms with Gasteiger partial charge in [-0.2, -0.15) is 0 Å². The molecule has 2 aromatic carbocycles. The van der Waals surface area contributed by atoms with Gasteiger partial charge in [0, 0.05) is 11.8 Å². The monoisotopic (exact) mass is 358 g/mol. The van der Waals surface area contributed by atoms with Crippen LogP contribution in [0.4, 0.5) is 11.4 Å². The molecule has 0 fully saturated rings. The van der Waals surface area contributed by atoms with E-state index in [1.165, 1.54) is 17.1 Å². The van der Waals surface area contributed by atoms with Gasteiger partial charge in [-0.1, -0.05) is 48.5 Å². The zero-order chi connectivity index (χ0) is 18.6. The lowest BCUT2D eigenvalue weighted by atomic mass is 10.2. The molecule has 0 aliphatic rings. The lowest BCUT2D eigenvalue weighted by molar-refractivity contribution is 0.0980. The fourth-order valence-corrected chi connectivity index (χ4v) is 2.90. The van der Waals surface area contributed by atoms with E-state index < -0.39 is 0 Å². The summed E-state index contributed by atoms with van der Waals surface area (Å²) in [6.45, 7) is 2.15. The molecular formula is C21H18N4O2. The summed E-state index contributed by atoms with van der Waals surface area (Å²) in [5.41, 5.74) is 3.40. The second-order valence-electron chi connectivity index (χ2n) is 6.10. The molecule has 2 aromatic heterocycles. The summed E-state index contributed by atoms with van der Waals surface area (Å²) in [6, 6.07) is 20.9. The number of rotatable bonds is 5. The molecule has 0 saturated heterocycles. The molecular weight excluding hydrogens is 340 g/mol. The van der Waals surface area contributed by atoms with Crippen LogP contribution in [0.25, 0.3) is 11.0 Å². The van der Waals surface area contributed by atoms with Crippen LogP contribution < -0.4 is 15.7 Å². The Morgan fingerprint density at radius 3 is 2.44 bits per heavy atom. The SMILES string of the molecule is Cc1ncnc2c1c(Nc1ccccc1)cc(=O)n2OCc1ccccc1. The Kier molecular flexibility index (Phi) is 4.53. The summed E-state index contributed by atoms with van der Waals surface area (Å²) in [5, 5.41) is 4.03. The van der Waals surface area contributed by atoms with Gasteiger partial charge in [-0.25, -0.2) is 9.97 Å². The molecule has 27 heavy (non-hydrogen) atoms. The van der Waals surface area contributed by atoms with Crippen LogP contribution in [-0.4, -0.2) is 14.7 Å². The number of nitrogens with zero attached hydrogens (tertiary/aromatic N) is 3. The largest absolute Gasteiger partial charge is 0.404 e. The van der Waals surface area contributed by atoms with Gasteiger partial charge in [0.2, 0.25) is 0 Å². The molecule has 0 aliphatic heterocycles. The molecule has 6 heteroatoms. The molecule has 0 aliphatic carbocycles. The average molecular weight is 358 g/mol. The number of hydrogen-bond donors (Lipinski definition) is 1. The normalized spacial score (nSPS) is 10.7. The highest BCUT2D eigenvalue weighted by Crippen LogP contribution is 2.25. The number of fused-ring (bicyclic) bond motifs is 1. The number of aryl methyl sites for hydroxylation is 1. The van der Waals surface area contributed by atoms with Crippen molar-refractivity contribution < 1.29 is 4.84 Å². The molecule has 0 unspecified atom stereocenters. The van der Waals surface area contributed by atoms with Crippen molar-refractivity contribution in [3.8, 4) is 0 Å². The first kappa shape index (κ1) is 16.8. The minimum absolute atomic E-state index is 0.268. The van der Waals surface area contributed by atoms with Gasteiger partial charge in [0.25, 0.3) is 5.56 Å². The second kappa shape index (κ2) is 7.29. The van der Waals surface area contributed by atoms with Gasteiger partial charge >= 0.3 is 0 Å². The Labute approximate surface area is 156 Å². The van der Waals surface area contributed by atoms with Crippen molar-refractivity contribution in [1.29, 1.82) is 0 Å². The minimum Gasteiger partial charge on any atom is -0.404 e. The Morgan fingerprint density at radius 2 is 1.70 bits per heavy atom. The Balaban J connectivity index is 1.77. The number of hydrogen-bond acceptors (Lipinski definition) is 5. The van der Waals surface area contributed by atoms with Crippen LogP contribution in [-0.2, 0) is 6.61 Å². The average Bonchev–Trinajstić information content (AvgIpc) is 2.69. The van der Waals surface area contributed by atoms with Gasteiger partial charge < -0.3 is 10.2 Å². The Bertz CT molecular complexity index is 1130. The van der Waals surface area contributed by atoms with Crippen molar-refractivity contribution in [2.24, 2.45) is 0 Å². The predicted octanol–water partition coefficient (Wildman–Crippen LogP) is 3.47. The standard InChI is InChI=1S/C21H18N4O2/c1-15-20-18(24-17-10-6-3-7-11-17)12-19(26)25(21(20)23-14-22-15)27-13-16-8-4-2-5-9-16/h2-12,14,24H,13H2,1H3. The van der Waals surface area contributed by atoms with E-state index in [9.17, 15) is 4.79 Å². The van der Waals surface area contributed by atoms with E-state index in [-0.39, 0.29) is 12.2 Å². The zero-order valence-corrected chi connectivity index (χ0v) is 14.8. The molecule has 0 bridgehead atoms. The highest BCUT2D eigenvalue weighted by atomic mass is 16.7. The van der Waals surface area contributed by atoms with Gasteiger partial charge in [-0.05, 0) is 24.6 Å². The van der Waals surface area contributed by atoms with E-state index >= 15 is 0 Å². The minimum atomic E-state index is -0.296. The van der Waals surface area contributed by atoms with Crippen molar-refractivity contribution in [2.75, 3.05) is 5.32 Å². The number of pyridine rings is 1. The van der Waals surface area contributed by atoms with Crippen LogP contribution in [0.1, 0.15) is 11.3 Å². The molecule has 4 rings (SSSR count). The summed E-state index contributed by atoms with van der Waals surface area (Å²) in [6.07, 6.45) is 1.44. The predicted molar refractivity (Wildman–Crippen MR) is 105 cm³/mol.